The van der Waals surface area contributed by atoms with Crippen molar-refractivity contribution < 1.29 is 19.1 Å². The van der Waals surface area contributed by atoms with Crippen molar-refractivity contribution in [2.45, 2.75) is 19.4 Å². The van der Waals surface area contributed by atoms with Crippen LogP contribution in [-0.2, 0) is 16.0 Å². The van der Waals surface area contributed by atoms with Crippen LogP contribution in [0, 0.1) is 6.92 Å². The topological polar surface area (TPSA) is 71.1 Å². The molecule has 3 amide bonds. The lowest BCUT2D eigenvalue weighted by Gasteiger charge is -2.37. The van der Waals surface area contributed by atoms with Gasteiger partial charge >= 0.3 is 6.03 Å². The fourth-order valence-corrected chi connectivity index (χ4v) is 5.28. The van der Waals surface area contributed by atoms with Crippen molar-refractivity contribution in [2.24, 2.45) is 0 Å². The molecule has 1 aliphatic heterocycles. The number of amides is 3. The zero-order valence-electron chi connectivity index (χ0n) is 20.4. The Kier molecular flexibility index (Phi) is 8.85. The molecule has 0 saturated carbocycles. The molecule has 190 valence electrons. The van der Waals surface area contributed by atoms with Gasteiger partial charge in [0.25, 0.3) is 0 Å². The predicted octanol–water partition coefficient (Wildman–Crippen LogP) is 5.40. The van der Waals surface area contributed by atoms with E-state index in [2.05, 4.69) is 16.8 Å². The quantitative estimate of drug-likeness (QED) is 0.405. The molecule has 0 aliphatic carbocycles. The van der Waals surface area contributed by atoms with Gasteiger partial charge in [0, 0.05) is 35.8 Å². The van der Waals surface area contributed by atoms with Crippen LogP contribution in [0.1, 0.15) is 22.0 Å². The molecule has 7 nitrogen and oxygen atoms in total. The van der Waals surface area contributed by atoms with E-state index in [9.17, 15) is 9.59 Å². The number of halogens is 1. The maximum Gasteiger partial charge on any atom is 0.322 e. The van der Waals surface area contributed by atoms with Gasteiger partial charge in [-0.15, -0.1) is 11.3 Å². The van der Waals surface area contributed by atoms with Crippen LogP contribution < -0.4 is 10.1 Å². The Morgan fingerprint density at radius 1 is 1.19 bits per heavy atom. The normalized spacial score (nSPS) is 14.8. The van der Waals surface area contributed by atoms with Crippen LogP contribution in [0.3, 0.4) is 0 Å². The van der Waals surface area contributed by atoms with Crippen LogP contribution in [-0.4, -0.2) is 61.7 Å². The predicted molar refractivity (Wildman–Crippen MR) is 143 cm³/mol. The summed E-state index contributed by atoms with van der Waals surface area (Å²) in [6.45, 7) is 3.45. The number of rotatable bonds is 9. The number of methoxy groups -OCH3 is 1. The Morgan fingerprint density at radius 2 is 2.00 bits per heavy atom. The molecule has 0 spiro atoms. The molecule has 2 heterocycles. The number of carbonyl (C=O) groups excluding carboxylic acids is 2. The van der Waals surface area contributed by atoms with Crippen molar-refractivity contribution in [1.82, 2.24) is 9.80 Å². The summed E-state index contributed by atoms with van der Waals surface area (Å²) in [7, 11) is 1.57. The number of carbonyl (C=O) groups is 2. The summed E-state index contributed by atoms with van der Waals surface area (Å²) in [4.78, 5) is 31.2. The molecule has 1 aromatic heterocycles. The number of urea groups is 1. The van der Waals surface area contributed by atoms with Gasteiger partial charge < -0.3 is 24.6 Å². The maximum absolute atomic E-state index is 13.6. The van der Waals surface area contributed by atoms with E-state index in [-0.39, 0.29) is 31.1 Å². The van der Waals surface area contributed by atoms with Gasteiger partial charge in [0.15, 0.2) is 0 Å². The fourth-order valence-electron chi connectivity index (χ4n) is 4.16. The molecule has 9 heteroatoms. The van der Waals surface area contributed by atoms with E-state index in [4.69, 9.17) is 21.1 Å². The number of anilines is 1. The molecule has 1 aliphatic rings. The van der Waals surface area contributed by atoms with Gasteiger partial charge in [-0.2, -0.15) is 0 Å². The zero-order chi connectivity index (χ0) is 25.5. The first kappa shape index (κ1) is 26.0. The molecule has 36 heavy (non-hydrogen) atoms. The summed E-state index contributed by atoms with van der Waals surface area (Å²) in [6.07, 6.45) is 0.784. The summed E-state index contributed by atoms with van der Waals surface area (Å²) in [5.41, 5.74) is 2.83. The molecule has 0 saturated heterocycles. The highest BCUT2D eigenvalue weighted by Gasteiger charge is 2.33. The number of benzene rings is 2. The summed E-state index contributed by atoms with van der Waals surface area (Å²) in [5, 5.41) is 5.40. The van der Waals surface area contributed by atoms with E-state index < -0.39 is 0 Å². The third-order valence-corrected chi connectivity index (χ3v) is 7.33. The SMILES string of the molecule is COCCN(CC(=O)N1CCc2sccc2[C@@H]1COc1ccc(C)cc1)C(=O)Nc1cccc(Cl)c1. The number of thiophene rings is 1. The highest BCUT2D eigenvalue weighted by Crippen LogP contribution is 2.34. The minimum absolute atomic E-state index is 0.0732. The first-order valence-electron chi connectivity index (χ1n) is 11.8. The Labute approximate surface area is 220 Å². The molecule has 0 bridgehead atoms. The summed E-state index contributed by atoms with van der Waals surface area (Å²) < 4.78 is 11.3. The molecule has 1 N–H and O–H groups in total. The highest BCUT2D eigenvalue weighted by atomic mass is 35.5. The number of aryl methyl sites for hydroxylation is 1. The first-order valence-corrected chi connectivity index (χ1v) is 13.1. The van der Waals surface area contributed by atoms with E-state index in [1.165, 1.54) is 9.78 Å². The van der Waals surface area contributed by atoms with Crippen molar-refractivity contribution in [3.05, 3.63) is 81.0 Å². The smallest absolute Gasteiger partial charge is 0.322 e. The van der Waals surface area contributed by atoms with Crippen LogP contribution in [0.4, 0.5) is 10.5 Å². The number of ether oxygens (including phenoxy) is 2. The molecule has 0 fully saturated rings. The fraction of sp³-hybridized carbons (Fsp3) is 0.333. The molecule has 4 rings (SSSR count). The minimum atomic E-state index is -0.386. The Hall–Kier alpha value is -3.07. The molecule has 0 radical (unpaired) electrons. The number of hydrogen-bond donors (Lipinski definition) is 1. The highest BCUT2D eigenvalue weighted by molar-refractivity contribution is 7.10. The lowest BCUT2D eigenvalue weighted by molar-refractivity contribution is -0.135. The van der Waals surface area contributed by atoms with Gasteiger partial charge in [-0.3, -0.25) is 4.79 Å². The van der Waals surface area contributed by atoms with Crippen molar-refractivity contribution in [3.63, 3.8) is 0 Å². The second-order valence-electron chi connectivity index (χ2n) is 8.63. The molecule has 1 atom stereocenters. The zero-order valence-corrected chi connectivity index (χ0v) is 22.0. The Morgan fingerprint density at radius 3 is 2.75 bits per heavy atom. The molecular formula is C27H30ClN3O4S. The largest absolute Gasteiger partial charge is 0.491 e. The van der Waals surface area contributed by atoms with Crippen molar-refractivity contribution >= 4 is 40.6 Å². The van der Waals surface area contributed by atoms with Crippen molar-refractivity contribution in [1.29, 1.82) is 0 Å². The lowest BCUT2D eigenvalue weighted by atomic mass is 10.0. The number of nitrogens with zero attached hydrogens (tertiary/aromatic N) is 2. The van der Waals surface area contributed by atoms with Gasteiger partial charge in [0.1, 0.15) is 18.9 Å². The molecular weight excluding hydrogens is 498 g/mol. The van der Waals surface area contributed by atoms with E-state index >= 15 is 0 Å². The van der Waals surface area contributed by atoms with Gasteiger partial charge in [-0.05, 0) is 60.7 Å². The summed E-state index contributed by atoms with van der Waals surface area (Å²) in [6, 6.07) is 16.2. The van der Waals surface area contributed by atoms with E-state index in [1.807, 2.05) is 36.1 Å². The average molecular weight is 528 g/mol. The number of nitrogens with one attached hydrogen (secondary N) is 1. The average Bonchev–Trinajstić information content (AvgIpc) is 3.35. The molecule has 3 aromatic rings. The Bertz CT molecular complexity index is 1180. The second kappa shape index (κ2) is 12.3. The van der Waals surface area contributed by atoms with Crippen molar-refractivity contribution in [3.8, 4) is 5.75 Å². The van der Waals surface area contributed by atoms with Gasteiger partial charge in [0.05, 0.1) is 12.6 Å². The molecule has 2 aromatic carbocycles. The third-order valence-electron chi connectivity index (χ3n) is 6.10. The van der Waals surface area contributed by atoms with E-state index in [0.717, 1.165) is 23.3 Å². The lowest BCUT2D eigenvalue weighted by Crippen LogP contribution is -2.49. The maximum atomic E-state index is 13.6. The van der Waals surface area contributed by atoms with E-state index in [1.54, 1.807) is 42.7 Å². The van der Waals surface area contributed by atoms with Gasteiger partial charge in [-0.25, -0.2) is 4.79 Å². The minimum Gasteiger partial charge on any atom is -0.491 e. The molecule has 0 unspecified atom stereocenters. The summed E-state index contributed by atoms with van der Waals surface area (Å²) in [5.74, 6) is 0.625. The second-order valence-corrected chi connectivity index (χ2v) is 10.1. The standard InChI is InChI=1S/C27H30ClN3O4S/c1-19-6-8-22(9-7-19)35-18-24-23-11-15-36-25(23)10-12-31(24)26(32)17-30(13-14-34-2)27(33)29-21-5-3-4-20(28)16-21/h3-9,11,15-16,24H,10,12-14,17-18H2,1-2H3,(H,29,33)/t24-/m0/s1. The van der Waals surface area contributed by atoms with Gasteiger partial charge in [0.2, 0.25) is 5.91 Å². The van der Waals surface area contributed by atoms with Crippen LogP contribution >= 0.6 is 22.9 Å². The van der Waals surface area contributed by atoms with Crippen LogP contribution in [0.15, 0.2) is 60.0 Å². The van der Waals surface area contributed by atoms with Gasteiger partial charge in [-0.1, -0.05) is 35.4 Å². The Balaban J connectivity index is 1.48. The third kappa shape index (κ3) is 6.57. The van der Waals surface area contributed by atoms with Crippen molar-refractivity contribution in [2.75, 3.05) is 45.3 Å². The number of hydrogen-bond acceptors (Lipinski definition) is 5. The van der Waals surface area contributed by atoms with Crippen LogP contribution in [0.25, 0.3) is 0 Å². The summed E-state index contributed by atoms with van der Waals surface area (Å²) >= 11 is 7.75. The number of fused-ring (bicyclic) bond motifs is 1. The van der Waals surface area contributed by atoms with Crippen LogP contribution in [0.5, 0.6) is 5.75 Å². The van der Waals surface area contributed by atoms with E-state index in [0.29, 0.717) is 30.5 Å². The monoisotopic (exact) mass is 527 g/mol. The first-order chi connectivity index (χ1) is 17.4. The van der Waals surface area contributed by atoms with Crippen LogP contribution in [0.2, 0.25) is 5.02 Å².